The monoisotopic (exact) mass is 283 g/mol. The van der Waals surface area contributed by atoms with Crippen LogP contribution in [0.1, 0.15) is 39.0 Å². The number of carbonyl (C=O) groups excluding carboxylic acids is 1. The van der Waals surface area contributed by atoms with Crippen LogP contribution in [-0.4, -0.2) is 65.2 Å². The Morgan fingerprint density at radius 3 is 2.50 bits per heavy atom. The lowest BCUT2D eigenvalue weighted by Gasteiger charge is -2.30. The molecule has 0 aromatic carbocycles. The molecule has 2 aliphatic rings. The van der Waals surface area contributed by atoms with Gasteiger partial charge in [0.25, 0.3) is 0 Å². The smallest absolute Gasteiger partial charge is 0.323 e. The van der Waals surface area contributed by atoms with E-state index in [1.165, 1.54) is 24.2 Å². The predicted molar refractivity (Wildman–Crippen MR) is 75.6 cm³/mol. The van der Waals surface area contributed by atoms with Crippen LogP contribution >= 0.6 is 0 Å². The van der Waals surface area contributed by atoms with Crippen molar-refractivity contribution in [2.75, 3.05) is 26.2 Å². The maximum absolute atomic E-state index is 12.1. The molecule has 1 saturated carbocycles. The summed E-state index contributed by atoms with van der Waals surface area (Å²) >= 11 is 0. The van der Waals surface area contributed by atoms with Crippen molar-refractivity contribution in [3.63, 3.8) is 0 Å². The van der Waals surface area contributed by atoms with Crippen molar-refractivity contribution >= 4 is 12.0 Å². The van der Waals surface area contributed by atoms with Gasteiger partial charge in [-0.1, -0.05) is 6.42 Å². The van der Waals surface area contributed by atoms with E-state index in [1.807, 2.05) is 6.92 Å². The van der Waals surface area contributed by atoms with Gasteiger partial charge >= 0.3 is 12.0 Å². The van der Waals surface area contributed by atoms with E-state index < -0.39 is 5.97 Å². The molecular weight excluding hydrogens is 258 g/mol. The maximum Gasteiger partial charge on any atom is 0.323 e. The largest absolute Gasteiger partial charge is 0.480 e. The molecule has 0 radical (unpaired) electrons. The third-order valence-corrected chi connectivity index (χ3v) is 3.90. The van der Waals surface area contributed by atoms with Gasteiger partial charge in [-0.15, -0.1) is 0 Å². The van der Waals surface area contributed by atoms with E-state index >= 15 is 0 Å². The Hall–Kier alpha value is -1.30. The molecule has 1 unspecified atom stereocenters. The maximum atomic E-state index is 12.1. The Kier molecular flexibility index (Phi) is 5.23. The summed E-state index contributed by atoms with van der Waals surface area (Å²) < 4.78 is 0. The lowest BCUT2D eigenvalue weighted by Crippen LogP contribution is -2.50. The van der Waals surface area contributed by atoms with Gasteiger partial charge in [-0.05, 0) is 45.7 Å². The van der Waals surface area contributed by atoms with Gasteiger partial charge < -0.3 is 20.2 Å². The van der Waals surface area contributed by atoms with Crippen molar-refractivity contribution in [2.45, 2.75) is 51.1 Å². The summed E-state index contributed by atoms with van der Waals surface area (Å²) in [5.74, 6) is -0.948. The second kappa shape index (κ2) is 6.92. The van der Waals surface area contributed by atoms with E-state index in [9.17, 15) is 9.59 Å². The molecule has 1 aliphatic carbocycles. The number of likely N-dealkylation sites (tertiary alicyclic amines) is 1. The van der Waals surface area contributed by atoms with Crippen molar-refractivity contribution in [3.8, 4) is 0 Å². The van der Waals surface area contributed by atoms with Crippen molar-refractivity contribution in [3.05, 3.63) is 0 Å². The van der Waals surface area contributed by atoms with Crippen LogP contribution in [-0.2, 0) is 4.79 Å². The summed E-state index contributed by atoms with van der Waals surface area (Å²) in [4.78, 5) is 26.8. The van der Waals surface area contributed by atoms with Gasteiger partial charge in [-0.3, -0.25) is 4.79 Å². The standard InChI is InChI=1S/C14H25N3O3/c1-11(9-16-7-3-2-4-8-16)15-14(20)17(10-13(18)19)12-5-6-12/h11-12H,2-10H2,1H3,(H,15,20)(H,18,19). The first-order chi connectivity index (χ1) is 9.56. The van der Waals surface area contributed by atoms with Crippen LogP contribution in [0.25, 0.3) is 0 Å². The molecule has 0 spiro atoms. The minimum atomic E-state index is -0.948. The van der Waals surface area contributed by atoms with Crippen molar-refractivity contribution in [1.82, 2.24) is 15.1 Å². The number of hydrogen-bond acceptors (Lipinski definition) is 3. The van der Waals surface area contributed by atoms with Crippen LogP contribution in [0, 0.1) is 0 Å². The number of nitrogens with zero attached hydrogens (tertiary/aromatic N) is 2. The van der Waals surface area contributed by atoms with Crippen LogP contribution in [0.15, 0.2) is 0 Å². The van der Waals surface area contributed by atoms with Gasteiger partial charge in [0.05, 0.1) is 0 Å². The van der Waals surface area contributed by atoms with E-state index in [4.69, 9.17) is 5.11 Å². The Balaban J connectivity index is 1.77. The van der Waals surface area contributed by atoms with E-state index in [0.717, 1.165) is 32.5 Å². The highest BCUT2D eigenvalue weighted by Gasteiger charge is 2.34. The number of carbonyl (C=O) groups is 2. The molecule has 2 N–H and O–H groups in total. The normalized spacial score (nSPS) is 21.2. The predicted octanol–water partition coefficient (Wildman–Crippen LogP) is 1.12. The van der Waals surface area contributed by atoms with Crippen LogP contribution in [0.3, 0.4) is 0 Å². The first-order valence-corrected chi connectivity index (χ1v) is 7.57. The molecule has 20 heavy (non-hydrogen) atoms. The Morgan fingerprint density at radius 1 is 1.30 bits per heavy atom. The second-order valence-electron chi connectivity index (χ2n) is 5.96. The minimum absolute atomic E-state index is 0.0515. The van der Waals surface area contributed by atoms with E-state index in [1.54, 1.807) is 0 Å². The summed E-state index contributed by atoms with van der Waals surface area (Å²) in [6, 6.07) is -0.0664. The lowest BCUT2D eigenvalue weighted by atomic mass is 10.1. The Morgan fingerprint density at radius 2 is 1.95 bits per heavy atom. The van der Waals surface area contributed by atoms with Crippen molar-refractivity contribution < 1.29 is 14.7 Å². The number of amides is 2. The van der Waals surface area contributed by atoms with Crippen molar-refractivity contribution in [1.29, 1.82) is 0 Å². The first-order valence-electron chi connectivity index (χ1n) is 7.57. The summed E-state index contributed by atoms with van der Waals surface area (Å²) in [5.41, 5.74) is 0. The number of nitrogens with one attached hydrogen (secondary N) is 1. The van der Waals surface area contributed by atoms with Gasteiger partial charge in [0.1, 0.15) is 6.54 Å². The number of carboxylic acid groups (broad SMARTS) is 1. The summed E-state index contributed by atoms with van der Waals surface area (Å²) in [7, 11) is 0. The van der Waals surface area contributed by atoms with Crippen LogP contribution in [0.2, 0.25) is 0 Å². The van der Waals surface area contributed by atoms with Gasteiger partial charge in [-0.25, -0.2) is 4.79 Å². The van der Waals surface area contributed by atoms with Crippen LogP contribution < -0.4 is 5.32 Å². The van der Waals surface area contributed by atoms with E-state index in [-0.39, 0.29) is 24.7 Å². The zero-order valence-electron chi connectivity index (χ0n) is 12.2. The molecule has 2 rings (SSSR count). The van der Waals surface area contributed by atoms with Gasteiger partial charge in [0, 0.05) is 18.6 Å². The highest BCUT2D eigenvalue weighted by molar-refractivity contribution is 5.80. The first kappa shape index (κ1) is 15.1. The van der Waals surface area contributed by atoms with Crippen LogP contribution in [0.4, 0.5) is 4.79 Å². The molecule has 2 fully saturated rings. The zero-order chi connectivity index (χ0) is 14.5. The van der Waals surface area contributed by atoms with E-state index in [2.05, 4.69) is 10.2 Å². The summed E-state index contributed by atoms with van der Waals surface area (Å²) in [5, 5.41) is 11.8. The summed E-state index contributed by atoms with van der Waals surface area (Å²) in [6.07, 6.45) is 5.59. The molecule has 0 aromatic rings. The van der Waals surface area contributed by atoms with Gasteiger partial charge in [-0.2, -0.15) is 0 Å². The SMILES string of the molecule is CC(CN1CCCCC1)NC(=O)N(CC(=O)O)C1CC1. The minimum Gasteiger partial charge on any atom is -0.480 e. The quantitative estimate of drug-likeness (QED) is 0.766. The third-order valence-electron chi connectivity index (χ3n) is 3.90. The second-order valence-corrected chi connectivity index (χ2v) is 5.96. The highest BCUT2D eigenvalue weighted by Crippen LogP contribution is 2.26. The number of urea groups is 1. The molecule has 1 heterocycles. The summed E-state index contributed by atoms with van der Waals surface area (Å²) in [6.45, 7) is 4.83. The fourth-order valence-electron chi connectivity index (χ4n) is 2.77. The number of rotatable bonds is 6. The Labute approximate surface area is 120 Å². The zero-order valence-corrected chi connectivity index (χ0v) is 12.2. The molecule has 1 atom stereocenters. The van der Waals surface area contributed by atoms with E-state index in [0.29, 0.717) is 0 Å². The number of carboxylic acids is 1. The van der Waals surface area contributed by atoms with Crippen LogP contribution in [0.5, 0.6) is 0 Å². The molecule has 114 valence electrons. The molecular formula is C14H25N3O3. The average Bonchev–Trinajstić information content (AvgIpc) is 3.20. The third kappa shape index (κ3) is 4.67. The van der Waals surface area contributed by atoms with Gasteiger partial charge in [0.15, 0.2) is 0 Å². The number of aliphatic carboxylic acids is 1. The van der Waals surface area contributed by atoms with Crippen molar-refractivity contribution in [2.24, 2.45) is 0 Å². The van der Waals surface area contributed by atoms with Gasteiger partial charge in [0.2, 0.25) is 0 Å². The average molecular weight is 283 g/mol. The number of hydrogen-bond donors (Lipinski definition) is 2. The molecule has 1 aliphatic heterocycles. The molecule has 0 aromatic heterocycles. The topological polar surface area (TPSA) is 72.9 Å². The fourth-order valence-corrected chi connectivity index (χ4v) is 2.77. The molecule has 6 heteroatoms. The lowest BCUT2D eigenvalue weighted by molar-refractivity contribution is -0.137. The molecule has 6 nitrogen and oxygen atoms in total. The number of piperidine rings is 1. The molecule has 2 amide bonds. The highest BCUT2D eigenvalue weighted by atomic mass is 16.4. The molecule has 0 bridgehead atoms. The fraction of sp³-hybridized carbons (Fsp3) is 0.857. The Bertz CT molecular complexity index is 352. The molecule has 1 saturated heterocycles.